The molecule has 0 aromatic heterocycles. The lowest BCUT2D eigenvalue weighted by Gasteiger charge is -2.35. The van der Waals surface area contributed by atoms with E-state index in [0.29, 0.717) is 24.6 Å². The van der Waals surface area contributed by atoms with Gasteiger partial charge >= 0.3 is 0 Å². The molecule has 3 aromatic carbocycles. The van der Waals surface area contributed by atoms with Crippen LogP contribution in [0.4, 0.5) is 10.1 Å². The van der Waals surface area contributed by atoms with Gasteiger partial charge in [-0.1, -0.05) is 23.7 Å². The summed E-state index contributed by atoms with van der Waals surface area (Å²) in [6.45, 7) is 1.80. The van der Waals surface area contributed by atoms with Gasteiger partial charge in [0.2, 0.25) is 10.0 Å². The zero-order valence-electron chi connectivity index (χ0n) is 19.8. The third-order valence-electron chi connectivity index (χ3n) is 6.30. The largest absolute Gasteiger partial charge is 0.486 e. The van der Waals surface area contributed by atoms with Gasteiger partial charge < -0.3 is 19.7 Å². The molecule has 0 spiro atoms. The minimum atomic E-state index is -3.94. The topological polar surface area (TPSA) is 88.2 Å². The predicted octanol–water partition coefficient (Wildman–Crippen LogP) is 3.56. The van der Waals surface area contributed by atoms with Gasteiger partial charge in [-0.05, 0) is 54.6 Å². The second kappa shape index (κ2) is 10.6. The highest BCUT2D eigenvalue weighted by molar-refractivity contribution is 7.89. The fourth-order valence-corrected chi connectivity index (χ4v) is 6.21. The zero-order chi connectivity index (χ0) is 26.0. The van der Waals surface area contributed by atoms with Crippen LogP contribution in [0.25, 0.3) is 0 Å². The van der Waals surface area contributed by atoms with E-state index in [1.807, 2.05) is 23.1 Å². The van der Waals surface area contributed by atoms with Gasteiger partial charge in [-0.2, -0.15) is 4.31 Å². The Bertz CT molecular complexity index is 1400. The number of hydrogen-bond acceptors (Lipinski definition) is 6. The summed E-state index contributed by atoms with van der Waals surface area (Å²) in [7, 11) is -3.94. The van der Waals surface area contributed by atoms with E-state index in [1.54, 1.807) is 18.2 Å². The van der Waals surface area contributed by atoms with Crippen molar-refractivity contribution >= 4 is 33.2 Å². The van der Waals surface area contributed by atoms with Crippen molar-refractivity contribution < 1.29 is 27.1 Å². The molecule has 2 heterocycles. The van der Waals surface area contributed by atoms with Crippen LogP contribution in [-0.2, 0) is 10.0 Å². The molecule has 1 saturated heterocycles. The molecule has 1 amide bonds. The Morgan fingerprint density at radius 1 is 1.00 bits per heavy atom. The summed E-state index contributed by atoms with van der Waals surface area (Å²) in [4.78, 5) is 14.7. The molecule has 3 aromatic rings. The highest BCUT2D eigenvalue weighted by Gasteiger charge is 2.31. The molecule has 37 heavy (non-hydrogen) atoms. The number of para-hydroxylation sites is 2. The Morgan fingerprint density at radius 2 is 1.70 bits per heavy atom. The molecule has 194 valence electrons. The molecular formula is C26H25ClFN3O5S. The van der Waals surface area contributed by atoms with Crippen LogP contribution in [0.1, 0.15) is 10.4 Å². The van der Waals surface area contributed by atoms with Crippen molar-refractivity contribution in [2.75, 3.05) is 44.2 Å². The molecule has 11 heteroatoms. The SMILES string of the molecule is O=C(NC[C@@H]1COc2ccccc2O1)c1ccc(Cl)c(S(=O)(=O)N2CCN(c3ccc(F)cc3)CC2)c1. The van der Waals surface area contributed by atoms with Crippen molar-refractivity contribution in [2.45, 2.75) is 11.0 Å². The molecular weight excluding hydrogens is 521 g/mol. The van der Waals surface area contributed by atoms with Gasteiger partial charge in [-0.15, -0.1) is 0 Å². The monoisotopic (exact) mass is 545 g/mol. The van der Waals surface area contributed by atoms with Crippen LogP contribution in [-0.4, -0.2) is 64.1 Å². The average molecular weight is 546 g/mol. The summed E-state index contributed by atoms with van der Waals surface area (Å²) < 4.78 is 52.9. The number of carbonyl (C=O) groups is 1. The van der Waals surface area contributed by atoms with Gasteiger partial charge in [0.15, 0.2) is 11.5 Å². The number of hydrogen-bond donors (Lipinski definition) is 1. The first-order valence-electron chi connectivity index (χ1n) is 11.8. The van der Waals surface area contributed by atoms with Crippen molar-refractivity contribution in [3.05, 3.63) is 83.1 Å². The second-order valence-electron chi connectivity index (χ2n) is 8.72. The molecule has 5 rings (SSSR count). The molecule has 0 saturated carbocycles. The van der Waals surface area contributed by atoms with Crippen LogP contribution in [0.2, 0.25) is 5.02 Å². The molecule has 0 unspecified atom stereocenters. The lowest BCUT2D eigenvalue weighted by molar-refractivity contribution is 0.0789. The number of nitrogens with zero attached hydrogens (tertiary/aromatic N) is 2. The summed E-state index contributed by atoms with van der Waals surface area (Å²) in [6.07, 6.45) is -0.383. The molecule has 8 nitrogen and oxygen atoms in total. The van der Waals surface area contributed by atoms with Crippen LogP contribution in [0.3, 0.4) is 0 Å². The summed E-state index contributed by atoms with van der Waals surface area (Å²) >= 11 is 6.27. The fraction of sp³-hybridized carbons (Fsp3) is 0.269. The molecule has 2 aliphatic heterocycles. The standard InChI is InChI=1S/C26H25ClFN3O5S/c27-22-10-5-18(26(32)29-16-21-17-35-23-3-1-2-4-24(23)36-21)15-25(22)37(33,34)31-13-11-30(12-14-31)20-8-6-19(28)7-9-20/h1-10,15,21H,11-14,16-17H2,(H,29,32)/t21-/m1/s1. The van der Waals surface area contributed by atoms with E-state index in [0.717, 1.165) is 5.69 Å². The maximum absolute atomic E-state index is 13.4. The van der Waals surface area contributed by atoms with Crippen LogP contribution >= 0.6 is 11.6 Å². The van der Waals surface area contributed by atoms with E-state index >= 15 is 0 Å². The summed E-state index contributed by atoms with van der Waals surface area (Å²) in [6, 6.07) is 17.6. The number of anilines is 1. The first-order chi connectivity index (χ1) is 17.8. The second-order valence-corrected chi connectivity index (χ2v) is 11.0. The van der Waals surface area contributed by atoms with Crippen LogP contribution in [0, 0.1) is 5.82 Å². The summed E-state index contributed by atoms with van der Waals surface area (Å²) in [5.41, 5.74) is 0.996. The Labute approximate surface area is 219 Å². The molecule has 0 aliphatic carbocycles. The molecule has 1 N–H and O–H groups in total. The van der Waals surface area contributed by atoms with Crippen LogP contribution < -0.4 is 19.7 Å². The van der Waals surface area contributed by atoms with E-state index in [4.69, 9.17) is 21.1 Å². The number of amides is 1. The maximum atomic E-state index is 13.4. The van der Waals surface area contributed by atoms with E-state index < -0.39 is 15.9 Å². The van der Waals surface area contributed by atoms with E-state index in [-0.39, 0.29) is 53.6 Å². The third-order valence-corrected chi connectivity index (χ3v) is 8.68. The van der Waals surface area contributed by atoms with E-state index in [1.165, 1.54) is 34.6 Å². The van der Waals surface area contributed by atoms with Crippen molar-refractivity contribution in [1.82, 2.24) is 9.62 Å². The normalized spacial score (nSPS) is 17.9. The summed E-state index contributed by atoms with van der Waals surface area (Å²) in [5.74, 6) is 0.480. The van der Waals surface area contributed by atoms with Crippen LogP contribution in [0.15, 0.2) is 71.6 Å². The Balaban J connectivity index is 1.23. The first-order valence-corrected chi connectivity index (χ1v) is 13.6. The zero-order valence-corrected chi connectivity index (χ0v) is 21.3. The van der Waals surface area contributed by atoms with Crippen molar-refractivity contribution in [2.24, 2.45) is 0 Å². The first kappa shape index (κ1) is 25.3. The van der Waals surface area contributed by atoms with Gasteiger partial charge in [-0.3, -0.25) is 4.79 Å². The highest BCUT2D eigenvalue weighted by Crippen LogP contribution is 2.31. The lowest BCUT2D eigenvalue weighted by atomic mass is 10.2. The minimum Gasteiger partial charge on any atom is -0.486 e. The number of carbonyl (C=O) groups excluding carboxylic acids is 1. The molecule has 0 radical (unpaired) electrons. The molecule has 1 fully saturated rings. The maximum Gasteiger partial charge on any atom is 0.251 e. The number of rotatable bonds is 6. The smallest absolute Gasteiger partial charge is 0.251 e. The van der Waals surface area contributed by atoms with Gasteiger partial charge in [0, 0.05) is 37.4 Å². The quantitative estimate of drug-likeness (QED) is 0.510. The lowest BCUT2D eigenvalue weighted by Crippen LogP contribution is -2.48. The number of nitrogens with one attached hydrogen (secondary N) is 1. The number of benzene rings is 3. The van der Waals surface area contributed by atoms with Gasteiger partial charge in [0.1, 0.15) is 23.4 Å². The summed E-state index contributed by atoms with van der Waals surface area (Å²) in [5, 5.41) is 2.82. The average Bonchev–Trinajstić information content (AvgIpc) is 2.92. The van der Waals surface area contributed by atoms with Gasteiger partial charge in [0.25, 0.3) is 5.91 Å². The third kappa shape index (κ3) is 5.51. The number of ether oxygens (including phenoxy) is 2. The van der Waals surface area contributed by atoms with Crippen LogP contribution in [0.5, 0.6) is 11.5 Å². The number of halogens is 2. The number of sulfonamides is 1. The molecule has 2 aliphatic rings. The Kier molecular flexibility index (Phi) is 7.23. The van der Waals surface area contributed by atoms with Gasteiger partial charge in [-0.25, -0.2) is 12.8 Å². The Hall–Kier alpha value is -3.34. The highest BCUT2D eigenvalue weighted by atomic mass is 35.5. The minimum absolute atomic E-state index is 0.0399. The number of piperazine rings is 1. The van der Waals surface area contributed by atoms with E-state index in [2.05, 4.69) is 5.32 Å². The number of fused-ring (bicyclic) bond motifs is 1. The molecule has 1 atom stereocenters. The molecule has 0 bridgehead atoms. The fourth-order valence-electron chi connectivity index (χ4n) is 4.29. The van der Waals surface area contributed by atoms with Crippen molar-refractivity contribution in [3.63, 3.8) is 0 Å². The predicted molar refractivity (Wildman–Crippen MR) is 138 cm³/mol. The van der Waals surface area contributed by atoms with Gasteiger partial charge in [0.05, 0.1) is 11.6 Å². The Morgan fingerprint density at radius 3 is 2.43 bits per heavy atom. The van der Waals surface area contributed by atoms with Crippen molar-refractivity contribution in [1.29, 1.82) is 0 Å². The van der Waals surface area contributed by atoms with Crippen molar-refractivity contribution in [3.8, 4) is 11.5 Å². The van der Waals surface area contributed by atoms with E-state index in [9.17, 15) is 17.6 Å².